The minimum absolute atomic E-state index is 0.371. The van der Waals surface area contributed by atoms with E-state index in [4.69, 9.17) is 9.26 Å². The number of nitrogens with zero attached hydrogens (tertiary/aromatic N) is 1. The molecular weight excluding hydrogens is 256 g/mol. The Morgan fingerprint density at radius 2 is 2.35 bits per heavy atom. The summed E-state index contributed by atoms with van der Waals surface area (Å²) in [7, 11) is 0. The van der Waals surface area contributed by atoms with Gasteiger partial charge in [-0.2, -0.15) is 0 Å². The van der Waals surface area contributed by atoms with E-state index in [0.717, 1.165) is 25.2 Å². The number of hydrogen-bond acceptors (Lipinski definition) is 5. The molecule has 20 heavy (non-hydrogen) atoms. The van der Waals surface area contributed by atoms with Crippen LogP contribution in [-0.2, 0) is 11.3 Å². The largest absolute Gasteiger partial charge is 0.389 e. The summed E-state index contributed by atoms with van der Waals surface area (Å²) >= 11 is 0. The molecule has 0 spiro atoms. The molecule has 0 saturated carbocycles. The zero-order chi connectivity index (χ0) is 14.2. The Hall–Kier alpha value is -1.17. The number of allylic oxidation sites excluding steroid dienone is 2. The van der Waals surface area contributed by atoms with Crippen LogP contribution in [0.5, 0.6) is 0 Å². The maximum Gasteiger partial charge on any atom is 0.150 e. The highest BCUT2D eigenvalue weighted by Crippen LogP contribution is 2.24. The van der Waals surface area contributed by atoms with Crippen LogP contribution in [0.25, 0.3) is 0 Å². The smallest absolute Gasteiger partial charge is 0.150 e. The molecule has 1 heterocycles. The van der Waals surface area contributed by atoms with Crippen molar-refractivity contribution in [2.45, 2.75) is 32.4 Å². The fourth-order valence-electron chi connectivity index (χ4n) is 2.35. The molecule has 0 radical (unpaired) electrons. The summed E-state index contributed by atoms with van der Waals surface area (Å²) in [4.78, 5) is 0. The predicted molar refractivity (Wildman–Crippen MR) is 76.1 cm³/mol. The molecule has 3 unspecified atom stereocenters. The minimum atomic E-state index is -0.493. The van der Waals surface area contributed by atoms with E-state index in [-0.39, 0.29) is 0 Å². The summed E-state index contributed by atoms with van der Waals surface area (Å²) in [5, 5.41) is 16.6. The second-order valence-electron chi connectivity index (χ2n) is 5.48. The molecule has 3 atom stereocenters. The zero-order valence-corrected chi connectivity index (χ0v) is 12.0. The molecule has 1 aromatic heterocycles. The number of nitrogens with one attached hydrogen (secondary N) is 1. The molecule has 0 bridgehead atoms. The van der Waals surface area contributed by atoms with Crippen molar-refractivity contribution in [2.75, 3.05) is 19.8 Å². The van der Waals surface area contributed by atoms with Crippen LogP contribution in [0.2, 0.25) is 0 Å². The van der Waals surface area contributed by atoms with Gasteiger partial charge in [0.25, 0.3) is 0 Å². The van der Waals surface area contributed by atoms with Crippen molar-refractivity contribution in [3.63, 3.8) is 0 Å². The van der Waals surface area contributed by atoms with E-state index in [1.807, 2.05) is 0 Å². The molecule has 0 aliphatic heterocycles. The molecule has 1 aliphatic rings. The first kappa shape index (κ1) is 15.2. The lowest BCUT2D eigenvalue weighted by Crippen LogP contribution is -2.31. The molecule has 0 saturated heterocycles. The van der Waals surface area contributed by atoms with Crippen LogP contribution < -0.4 is 5.32 Å². The van der Waals surface area contributed by atoms with Crippen molar-refractivity contribution in [1.29, 1.82) is 0 Å². The highest BCUT2D eigenvalue weighted by Gasteiger charge is 2.18. The molecule has 0 aromatic carbocycles. The van der Waals surface area contributed by atoms with Gasteiger partial charge in [-0.3, -0.25) is 0 Å². The van der Waals surface area contributed by atoms with Crippen LogP contribution in [0.1, 0.15) is 25.5 Å². The molecule has 1 aromatic rings. The van der Waals surface area contributed by atoms with Crippen LogP contribution in [0.3, 0.4) is 0 Å². The van der Waals surface area contributed by atoms with Gasteiger partial charge in [0.1, 0.15) is 5.76 Å². The fourth-order valence-corrected chi connectivity index (χ4v) is 2.35. The number of aliphatic hydroxyl groups excluding tert-OH is 1. The average molecular weight is 280 g/mol. The van der Waals surface area contributed by atoms with E-state index in [2.05, 4.69) is 29.5 Å². The maximum atomic E-state index is 9.83. The third-order valence-corrected chi connectivity index (χ3v) is 3.73. The van der Waals surface area contributed by atoms with Crippen LogP contribution >= 0.6 is 0 Å². The lowest BCUT2D eigenvalue weighted by atomic mass is 9.85. The monoisotopic (exact) mass is 280 g/mol. The summed E-state index contributed by atoms with van der Waals surface area (Å²) in [6.45, 7) is 4.41. The number of hydrogen-bond donors (Lipinski definition) is 2. The van der Waals surface area contributed by atoms with E-state index >= 15 is 0 Å². The summed E-state index contributed by atoms with van der Waals surface area (Å²) in [6, 6.07) is 1.80. The number of rotatable bonds is 8. The normalized spacial score (nSPS) is 23.9. The summed E-state index contributed by atoms with van der Waals surface area (Å²) in [6.07, 6.45) is 7.80. The van der Waals surface area contributed by atoms with Gasteiger partial charge in [-0.25, -0.2) is 0 Å². The molecule has 2 rings (SSSR count). The molecule has 5 heteroatoms. The first-order valence-corrected chi connectivity index (χ1v) is 7.26. The number of ether oxygens (including phenoxy) is 1. The zero-order valence-electron chi connectivity index (χ0n) is 12.0. The van der Waals surface area contributed by atoms with Crippen molar-refractivity contribution >= 4 is 0 Å². The Bertz CT molecular complexity index is 392. The van der Waals surface area contributed by atoms with E-state index in [0.29, 0.717) is 31.5 Å². The van der Waals surface area contributed by atoms with Crippen molar-refractivity contribution < 1.29 is 14.4 Å². The van der Waals surface area contributed by atoms with Gasteiger partial charge in [-0.15, -0.1) is 0 Å². The molecule has 2 N–H and O–H groups in total. The van der Waals surface area contributed by atoms with Crippen molar-refractivity contribution in [2.24, 2.45) is 11.8 Å². The lowest BCUT2D eigenvalue weighted by molar-refractivity contribution is 0.0126. The Labute approximate surface area is 120 Å². The van der Waals surface area contributed by atoms with Gasteiger partial charge < -0.3 is 19.7 Å². The van der Waals surface area contributed by atoms with E-state index < -0.39 is 6.10 Å². The van der Waals surface area contributed by atoms with E-state index in [1.165, 1.54) is 0 Å². The molecule has 0 amide bonds. The highest BCUT2D eigenvalue weighted by molar-refractivity contribution is 4.93. The second-order valence-corrected chi connectivity index (χ2v) is 5.48. The standard InChI is InChI=1S/C15H24N2O3/c1-12-4-2-3-5-13(12)10-19-11-14(18)8-16-9-15-6-7-17-20-15/h2-3,6-7,12-14,16,18H,4-5,8-11H2,1H3. The highest BCUT2D eigenvalue weighted by atomic mass is 16.5. The van der Waals surface area contributed by atoms with Crippen LogP contribution in [0.15, 0.2) is 28.9 Å². The average Bonchev–Trinajstić information content (AvgIpc) is 2.94. The number of aliphatic hydroxyl groups is 1. The SMILES string of the molecule is CC1CC=CCC1COCC(O)CNCc1ccno1. The van der Waals surface area contributed by atoms with E-state index in [9.17, 15) is 5.11 Å². The second kappa shape index (κ2) is 8.19. The van der Waals surface area contributed by atoms with Gasteiger partial charge in [-0.1, -0.05) is 24.2 Å². The maximum absolute atomic E-state index is 9.83. The van der Waals surface area contributed by atoms with Crippen molar-refractivity contribution in [1.82, 2.24) is 10.5 Å². The molecule has 112 valence electrons. The molecule has 1 aliphatic carbocycles. The van der Waals surface area contributed by atoms with Gasteiger partial charge in [0.15, 0.2) is 0 Å². The topological polar surface area (TPSA) is 67.5 Å². The molecule has 5 nitrogen and oxygen atoms in total. The van der Waals surface area contributed by atoms with Gasteiger partial charge >= 0.3 is 0 Å². The van der Waals surface area contributed by atoms with Gasteiger partial charge in [0.2, 0.25) is 0 Å². The Morgan fingerprint density at radius 3 is 3.10 bits per heavy atom. The van der Waals surface area contributed by atoms with Crippen LogP contribution in [-0.4, -0.2) is 36.1 Å². The fraction of sp³-hybridized carbons (Fsp3) is 0.667. The Morgan fingerprint density at radius 1 is 1.50 bits per heavy atom. The Kier molecular flexibility index (Phi) is 6.24. The third kappa shape index (κ3) is 5.07. The lowest BCUT2D eigenvalue weighted by Gasteiger charge is -2.25. The summed E-state index contributed by atoms with van der Waals surface area (Å²) in [5.41, 5.74) is 0. The van der Waals surface area contributed by atoms with Gasteiger partial charge in [-0.05, 0) is 24.7 Å². The van der Waals surface area contributed by atoms with Crippen LogP contribution in [0.4, 0.5) is 0 Å². The summed E-state index contributed by atoms with van der Waals surface area (Å²) in [5.74, 6) is 2.01. The first-order valence-electron chi connectivity index (χ1n) is 7.26. The van der Waals surface area contributed by atoms with Gasteiger partial charge in [0, 0.05) is 12.6 Å². The molecule has 0 fully saturated rings. The van der Waals surface area contributed by atoms with Crippen molar-refractivity contribution in [3.05, 3.63) is 30.2 Å². The third-order valence-electron chi connectivity index (χ3n) is 3.73. The minimum Gasteiger partial charge on any atom is -0.389 e. The Balaban J connectivity index is 1.53. The number of aromatic nitrogens is 1. The molecular formula is C15H24N2O3. The van der Waals surface area contributed by atoms with E-state index in [1.54, 1.807) is 12.3 Å². The van der Waals surface area contributed by atoms with Crippen molar-refractivity contribution in [3.8, 4) is 0 Å². The van der Waals surface area contributed by atoms with Crippen LogP contribution in [0, 0.1) is 11.8 Å². The quantitative estimate of drug-likeness (QED) is 0.710. The van der Waals surface area contributed by atoms with Gasteiger partial charge in [0.05, 0.1) is 32.1 Å². The summed E-state index contributed by atoms with van der Waals surface area (Å²) < 4.78 is 10.6. The first-order chi connectivity index (χ1) is 9.75. The predicted octanol–water partition coefficient (Wildman–Crippen LogP) is 1.74.